The van der Waals surface area contributed by atoms with E-state index in [2.05, 4.69) is 10.1 Å². The molecule has 0 unspecified atom stereocenters. The van der Waals surface area contributed by atoms with E-state index in [9.17, 15) is 9.59 Å². The van der Waals surface area contributed by atoms with Crippen LogP contribution in [0.4, 0.5) is 0 Å². The molecule has 0 heterocycles. The molecule has 0 aromatic heterocycles. The number of nitrogens with one attached hydrogen (secondary N) is 1. The van der Waals surface area contributed by atoms with Crippen LogP contribution in [-0.2, 0) is 19.7 Å². The van der Waals surface area contributed by atoms with Crippen molar-refractivity contribution < 1.29 is 14.3 Å². The van der Waals surface area contributed by atoms with E-state index in [1.807, 2.05) is 30.3 Å². The molecule has 0 bridgehead atoms. The van der Waals surface area contributed by atoms with Gasteiger partial charge in [0.15, 0.2) is 0 Å². The maximum atomic E-state index is 12.2. The molecule has 0 saturated heterocycles. The van der Waals surface area contributed by atoms with Crippen molar-refractivity contribution in [3.05, 3.63) is 35.9 Å². The third-order valence-corrected chi connectivity index (χ3v) is 3.41. The molecule has 1 aliphatic rings. The van der Waals surface area contributed by atoms with E-state index in [1.54, 1.807) is 6.92 Å². The van der Waals surface area contributed by atoms with Crippen molar-refractivity contribution in [2.24, 2.45) is 0 Å². The molecule has 18 heavy (non-hydrogen) atoms. The Morgan fingerprint density at radius 3 is 2.39 bits per heavy atom. The molecule has 4 heteroatoms. The van der Waals surface area contributed by atoms with Crippen molar-refractivity contribution in [3.8, 4) is 0 Å². The molecule has 1 N–H and O–H groups in total. The van der Waals surface area contributed by atoms with Gasteiger partial charge in [0.25, 0.3) is 0 Å². The van der Waals surface area contributed by atoms with E-state index in [0.29, 0.717) is 0 Å². The first-order chi connectivity index (χ1) is 8.60. The highest BCUT2D eigenvalue weighted by Crippen LogP contribution is 2.48. The predicted molar refractivity (Wildman–Crippen MR) is 67.0 cm³/mol. The lowest BCUT2D eigenvalue weighted by Gasteiger charge is -2.18. The van der Waals surface area contributed by atoms with Gasteiger partial charge in [0, 0.05) is 0 Å². The molecule has 96 valence electrons. The summed E-state index contributed by atoms with van der Waals surface area (Å²) in [5.74, 6) is -0.515. The Balaban J connectivity index is 2.08. The summed E-state index contributed by atoms with van der Waals surface area (Å²) in [7, 11) is 1.31. The number of esters is 1. The number of hydrogen-bond acceptors (Lipinski definition) is 3. The van der Waals surface area contributed by atoms with Crippen LogP contribution in [0.25, 0.3) is 0 Å². The average Bonchev–Trinajstić information content (AvgIpc) is 3.20. The summed E-state index contributed by atoms with van der Waals surface area (Å²) in [5.41, 5.74) is 0.573. The highest BCUT2D eigenvalue weighted by atomic mass is 16.5. The molecule has 0 spiro atoms. The Kier molecular flexibility index (Phi) is 3.36. The van der Waals surface area contributed by atoms with Gasteiger partial charge in [-0.05, 0) is 25.3 Å². The molecule has 1 atom stereocenters. The normalized spacial score (nSPS) is 17.7. The van der Waals surface area contributed by atoms with Crippen LogP contribution in [0.2, 0.25) is 0 Å². The van der Waals surface area contributed by atoms with Gasteiger partial charge in [-0.15, -0.1) is 0 Å². The van der Waals surface area contributed by atoms with Gasteiger partial charge in [0.2, 0.25) is 5.91 Å². The van der Waals surface area contributed by atoms with Gasteiger partial charge in [-0.3, -0.25) is 4.79 Å². The first-order valence-electron chi connectivity index (χ1n) is 6.04. The Morgan fingerprint density at radius 2 is 1.89 bits per heavy atom. The minimum atomic E-state index is -0.608. The fraction of sp³-hybridized carbons (Fsp3) is 0.429. The zero-order chi connectivity index (χ0) is 13.2. The Bertz CT molecular complexity index is 451. The standard InChI is InChI=1S/C14H17NO3/c1-10(12(16)18-2)15-13(17)14(8-9-14)11-6-4-3-5-7-11/h3-7,10H,8-9H2,1-2H3,(H,15,17)/t10-/m0/s1. The molecule has 0 aliphatic heterocycles. The van der Waals surface area contributed by atoms with E-state index >= 15 is 0 Å². The van der Waals surface area contributed by atoms with Crippen molar-refractivity contribution in [3.63, 3.8) is 0 Å². The van der Waals surface area contributed by atoms with Gasteiger partial charge >= 0.3 is 5.97 Å². The minimum Gasteiger partial charge on any atom is -0.467 e. The van der Waals surface area contributed by atoms with Crippen LogP contribution in [0.15, 0.2) is 30.3 Å². The quantitative estimate of drug-likeness (QED) is 0.818. The van der Waals surface area contributed by atoms with Crippen LogP contribution in [0.3, 0.4) is 0 Å². The molecule has 2 rings (SSSR count). The van der Waals surface area contributed by atoms with Crippen LogP contribution < -0.4 is 5.32 Å². The van der Waals surface area contributed by atoms with Crippen LogP contribution in [0.5, 0.6) is 0 Å². The highest BCUT2D eigenvalue weighted by Gasteiger charge is 2.51. The summed E-state index contributed by atoms with van der Waals surface area (Å²) in [6.45, 7) is 1.63. The SMILES string of the molecule is COC(=O)[C@H](C)NC(=O)C1(c2ccccc2)CC1. The maximum Gasteiger partial charge on any atom is 0.328 e. The topological polar surface area (TPSA) is 55.4 Å². The van der Waals surface area contributed by atoms with E-state index in [-0.39, 0.29) is 5.91 Å². The van der Waals surface area contributed by atoms with Crippen LogP contribution in [0.1, 0.15) is 25.3 Å². The van der Waals surface area contributed by atoms with E-state index < -0.39 is 17.4 Å². The molecular weight excluding hydrogens is 230 g/mol. The molecule has 1 fully saturated rings. The lowest BCUT2D eigenvalue weighted by atomic mass is 9.95. The van der Waals surface area contributed by atoms with Crippen molar-refractivity contribution in [1.29, 1.82) is 0 Å². The lowest BCUT2D eigenvalue weighted by molar-refractivity contribution is -0.144. The van der Waals surface area contributed by atoms with Crippen molar-refractivity contribution in [2.45, 2.75) is 31.2 Å². The number of benzene rings is 1. The van der Waals surface area contributed by atoms with Gasteiger partial charge in [0.05, 0.1) is 12.5 Å². The Labute approximate surface area is 106 Å². The summed E-state index contributed by atoms with van der Waals surface area (Å²) in [6.07, 6.45) is 1.66. The second kappa shape index (κ2) is 4.80. The van der Waals surface area contributed by atoms with Crippen LogP contribution in [0, 0.1) is 0 Å². The minimum absolute atomic E-state index is 0.0911. The molecule has 1 aromatic rings. The van der Waals surface area contributed by atoms with Gasteiger partial charge in [-0.1, -0.05) is 30.3 Å². The highest BCUT2D eigenvalue weighted by molar-refractivity contribution is 5.94. The molecule has 1 saturated carbocycles. The summed E-state index contributed by atoms with van der Waals surface area (Å²) >= 11 is 0. The molecule has 1 aromatic carbocycles. The van der Waals surface area contributed by atoms with E-state index in [4.69, 9.17) is 0 Å². The van der Waals surface area contributed by atoms with Crippen molar-refractivity contribution in [1.82, 2.24) is 5.32 Å². The third kappa shape index (κ3) is 2.23. The second-order valence-corrected chi connectivity index (χ2v) is 4.67. The van der Waals surface area contributed by atoms with Gasteiger partial charge in [-0.2, -0.15) is 0 Å². The molecular formula is C14H17NO3. The lowest BCUT2D eigenvalue weighted by Crippen LogP contribution is -2.44. The first kappa shape index (κ1) is 12.6. The number of hydrogen-bond donors (Lipinski definition) is 1. The second-order valence-electron chi connectivity index (χ2n) is 4.67. The Hall–Kier alpha value is -1.84. The number of amides is 1. The zero-order valence-electron chi connectivity index (χ0n) is 10.6. The third-order valence-electron chi connectivity index (χ3n) is 3.41. The summed E-state index contributed by atoms with van der Waals surface area (Å²) < 4.78 is 4.60. The van der Waals surface area contributed by atoms with Crippen LogP contribution >= 0.6 is 0 Å². The maximum absolute atomic E-state index is 12.2. The van der Waals surface area contributed by atoms with Gasteiger partial charge < -0.3 is 10.1 Å². The number of rotatable bonds is 4. The Morgan fingerprint density at radius 1 is 1.28 bits per heavy atom. The van der Waals surface area contributed by atoms with Gasteiger partial charge in [-0.25, -0.2) is 4.79 Å². The van der Waals surface area contributed by atoms with Crippen LogP contribution in [-0.4, -0.2) is 25.0 Å². The molecule has 1 aliphatic carbocycles. The number of methoxy groups -OCH3 is 1. The summed E-state index contributed by atoms with van der Waals surface area (Å²) in [6, 6.07) is 9.07. The fourth-order valence-corrected chi connectivity index (χ4v) is 2.10. The fourth-order valence-electron chi connectivity index (χ4n) is 2.10. The van der Waals surface area contributed by atoms with E-state index in [1.165, 1.54) is 7.11 Å². The molecule has 1 amide bonds. The number of carbonyl (C=O) groups excluding carboxylic acids is 2. The molecule has 0 radical (unpaired) electrons. The molecule has 4 nitrogen and oxygen atoms in total. The van der Waals surface area contributed by atoms with Gasteiger partial charge in [0.1, 0.15) is 6.04 Å². The zero-order valence-corrected chi connectivity index (χ0v) is 10.6. The van der Waals surface area contributed by atoms with E-state index in [0.717, 1.165) is 18.4 Å². The average molecular weight is 247 g/mol. The monoisotopic (exact) mass is 247 g/mol. The smallest absolute Gasteiger partial charge is 0.328 e. The largest absolute Gasteiger partial charge is 0.467 e. The summed E-state index contributed by atoms with van der Waals surface area (Å²) in [4.78, 5) is 23.5. The predicted octanol–water partition coefficient (Wildman–Crippen LogP) is 1.40. The van der Waals surface area contributed by atoms with Crippen molar-refractivity contribution in [2.75, 3.05) is 7.11 Å². The van der Waals surface area contributed by atoms with Crippen molar-refractivity contribution >= 4 is 11.9 Å². The summed E-state index contributed by atoms with van der Waals surface area (Å²) in [5, 5.41) is 2.72. The first-order valence-corrected chi connectivity index (χ1v) is 6.04. The number of carbonyl (C=O) groups is 2. The number of ether oxygens (including phenoxy) is 1.